The first-order valence-electron chi connectivity index (χ1n) is 7.05. The maximum absolute atomic E-state index is 12.4. The molecule has 2 aromatic rings. The Morgan fingerprint density at radius 2 is 1.79 bits per heavy atom. The van der Waals surface area contributed by atoms with Gasteiger partial charge in [0.1, 0.15) is 10.6 Å². The Kier molecular flexibility index (Phi) is 3.98. The van der Waals surface area contributed by atoms with Crippen molar-refractivity contribution in [2.75, 3.05) is 7.11 Å². The van der Waals surface area contributed by atoms with Crippen molar-refractivity contribution in [1.82, 2.24) is 9.62 Å². The van der Waals surface area contributed by atoms with Crippen molar-refractivity contribution < 1.29 is 22.7 Å². The molecule has 0 radical (unpaired) electrons. The second-order valence-corrected chi connectivity index (χ2v) is 6.80. The first kappa shape index (κ1) is 16.0. The van der Waals surface area contributed by atoms with Crippen LogP contribution in [0, 0.1) is 0 Å². The van der Waals surface area contributed by atoms with Gasteiger partial charge in [0.15, 0.2) is 0 Å². The molecular weight excluding hydrogens is 332 g/mol. The minimum absolute atomic E-state index is 0.00931. The normalized spacial score (nSPS) is 15.0. The summed E-state index contributed by atoms with van der Waals surface area (Å²) in [4.78, 5) is 24.4. The predicted octanol–water partition coefficient (Wildman–Crippen LogP) is 1.75. The number of nitrogens with zero attached hydrogens (tertiary/aromatic N) is 1. The number of benzene rings is 2. The maximum atomic E-state index is 12.4. The molecule has 0 saturated heterocycles. The highest BCUT2D eigenvalue weighted by Crippen LogP contribution is 2.30. The molecule has 0 fully saturated rings. The summed E-state index contributed by atoms with van der Waals surface area (Å²) in [5, 5.41) is 2.44. The van der Waals surface area contributed by atoms with Crippen LogP contribution in [0.1, 0.15) is 15.9 Å². The molecule has 1 heterocycles. The summed E-state index contributed by atoms with van der Waals surface area (Å²) in [7, 11) is -2.68. The topological polar surface area (TPSA) is 92.8 Å². The Labute approximate surface area is 138 Å². The molecule has 3 rings (SSSR count). The number of ether oxygens (including phenoxy) is 1. The molecule has 0 aromatic heterocycles. The molecule has 24 heavy (non-hydrogen) atoms. The Morgan fingerprint density at radius 3 is 2.50 bits per heavy atom. The van der Waals surface area contributed by atoms with Crippen LogP contribution in [0.5, 0.6) is 5.75 Å². The third kappa shape index (κ3) is 2.50. The van der Waals surface area contributed by atoms with Crippen molar-refractivity contribution in [3.63, 3.8) is 0 Å². The first-order chi connectivity index (χ1) is 11.5. The van der Waals surface area contributed by atoms with Gasteiger partial charge in [-0.25, -0.2) is 13.2 Å². The van der Waals surface area contributed by atoms with Crippen molar-refractivity contribution >= 4 is 22.0 Å². The molecule has 8 heteroatoms. The van der Waals surface area contributed by atoms with Crippen molar-refractivity contribution in [1.29, 1.82) is 0 Å². The van der Waals surface area contributed by atoms with E-state index in [4.69, 9.17) is 4.74 Å². The molecule has 124 valence electrons. The fourth-order valence-corrected chi connectivity index (χ4v) is 3.96. The van der Waals surface area contributed by atoms with Gasteiger partial charge in [-0.2, -0.15) is 0 Å². The van der Waals surface area contributed by atoms with Crippen LogP contribution in [-0.4, -0.2) is 31.8 Å². The standard InChI is InChI=1S/C16H14N2O5S/c1-23-13-8-4-2-6-11(13)10-17-16(20)18-15(19)12-7-3-5-9-14(12)24(18,21)22/h2-9H,10H2,1H3,(H,17,20). The number of amides is 3. The second-order valence-electron chi connectivity index (χ2n) is 5.04. The quantitative estimate of drug-likeness (QED) is 0.914. The van der Waals surface area contributed by atoms with Crippen LogP contribution < -0.4 is 10.1 Å². The third-order valence-electron chi connectivity index (χ3n) is 3.63. The number of hydrogen-bond donors (Lipinski definition) is 1. The van der Waals surface area contributed by atoms with E-state index in [1.54, 1.807) is 30.3 Å². The molecule has 0 spiro atoms. The predicted molar refractivity (Wildman–Crippen MR) is 85.0 cm³/mol. The van der Waals surface area contributed by atoms with Gasteiger partial charge < -0.3 is 10.1 Å². The number of fused-ring (bicyclic) bond motifs is 1. The van der Waals surface area contributed by atoms with E-state index in [0.717, 1.165) is 0 Å². The lowest BCUT2D eigenvalue weighted by Gasteiger charge is -2.15. The zero-order valence-corrected chi connectivity index (χ0v) is 13.5. The summed E-state index contributed by atoms with van der Waals surface area (Å²) in [6.07, 6.45) is 0. The van der Waals surface area contributed by atoms with Gasteiger partial charge in [-0.1, -0.05) is 30.3 Å². The SMILES string of the molecule is COc1ccccc1CNC(=O)N1C(=O)c2ccccc2S1(=O)=O. The number of carbonyl (C=O) groups excluding carboxylic acids is 2. The summed E-state index contributed by atoms with van der Waals surface area (Å²) < 4.78 is 30.2. The smallest absolute Gasteiger partial charge is 0.339 e. The summed E-state index contributed by atoms with van der Waals surface area (Å²) in [6, 6.07) is 11.7. The molecule has 0 unspecified atom stereocenters. The lowest BCUT2D eigenvalue weighted by atomic mass is 10.2. The van der Waals surface area contributed by atoms with E-state index in [9.17, 15) is 18.0 Å². The largest absolute Gasteiger partial charge is 0.496 e. The monoisotopic (exact) mass is 346 g/mol. The van der Waals surface area contributed by atoms with E-state index in [1.807, 2.05) is 0 Å². The van der Waals surface area contributed by atoms with Gasteiger partial charge in [0.2, 0.25) is 0 Å². The Morgan fingerprint density at radius 1 is 1.12 bits per heavy atom. The van der Waals surface area contributed by atoms with Gasteiger partial charge in [0.25, 0.3) is 15.9 Å². The van der Waals surface area contributed by atoms with Crippen molar-refractivity contribution in [2.45, 2.75) is 11.4 Å². The van der Waals surface area contributed by atoms with Gasteiger partial charge in [0, 0.05) is 12.1 Å². The summed E-state index contributed by atoms with van der Waals surface area (Å²) in [5.74, 6) is -0.306. The second kappa shape index (κ2) is 5.97. The van der Waals surface area contributed by atoms with E-state index >= 15 is 0 Å². The molecule has 7 nitrogen and oxygen atoms in total. The number of carbonyl (C=O) groups is 2. The van der Waals surface area contributed by atoms with E-state index < -0.39 is 22.0 Å². The minimum Gasteiger partial charge on any atom is -0.496 e. The van der Waals surface area contributed by atoms with Crippen LogP contribution in [0.4, 0.5) is 4.79 Å². The van der Waals surface area contributed by atoms with Gasteiger partial charge in [0.05, 0.1) is 12.7 Å². The lowest BCUT2D eigenvalue weighted by Crippen LogP contribution is -2.43. The molecule has 0 atom stereocenters. The van der Waals surface area contributed by atoms with E-state index in [2.05, 4.69) is 5.32 Å². The minimum atomic E-state index is -4.17. The Hall–Kier alpha value is -2.87. The Balaban J connectivity index is 1.83. The number of urea groups is 1. The van der Waals surface area contributed by atoms with Gasteiger partial charge in [-0.15, -0.1) is 4.31 Å². The molecular formula is C16H14N2O5S. The van der Waals surface area contributed by atoms with Crippen LogP contribution >= 0.6 is 0 Å². The molecule has 1 aliphatic rings. The van der Waals surface area contributed by atoms with Crippen LogP contribution in [0.15, 0.2) is 53.4 Å². The summed E-state index contributed by atoms with van der Waals surface area (Å²) in [6.45, 7) is 0.0263. The molecule has 2 aromatic carbocycles. The Bertz CT molecular complexity index is 924. The number of imide groups is 1. The first-order valence-corrected chi connectivity index (χ1v) is 8.49. The van der Waals surface area contributed by atoms with Crippen LogP contribution in [0.25, 0.3) is 0 Å². The lowest BCUT2D eigenvalue weighted by molar-refractivity contribution is 0.0893. The molecule has 3 amide bonds. The third-order valence-corrected chi connectivity index (χ3v) is 5.35. The van der Waals surface area contributed by atoms with Crippen molar-refractivity contribution in [3.05, 3.63) is 59.7 Å². The fraction of sp³-hybridized carbons (Fsp3) is 0.125. The molecule has 0 saturated carbocycles. The average Bonchev–Trinajstić information content (AvgIpc) is 2.80. The fourth-order valence-electron chi connectivity index (χ4n) is 2.48. The molecule has 0 bridgehead atoms. The van der Waals surface area contributed by atoms with E-state index in [-0.39, 0.29) is 21.3 Å². The number of nitrogens with one attached hydrogen (secondary N) is 1. The van der Waals surface area contributed by atoms with Crippen LogP contribution in [-0.2, 0) is 16.6 Å². The van der Waals surface area contributed by atoms with E-state index in [0.29, 0.717) is 11.3 Å². The van der Waals surface area contributed by atoms with Crippen molar-refractivity contribution in [3.8, 4) is 5.75 Å². The highest BCUT2D eigenvalue weighted by Gasteiger charge is 2.45. The number of hydrogen-bond acceptors (Lipinski definition) is 5. The van der Waals surface area contributed by atoms with Gasteiger partial charge in [-0.3, -0.25) is 4.79 Å². The number of methoxy groups -OCH3 is 1. The van der Waals surface area contributed by atoms with Crippen LogP contribution in [0.3, 0.4) is 0 Å². The molecule has 1 aliphatic heterocycles. The summed E-state index contributed by atoms with van der Waals surface area (Å²) >= 11 is 0. The van der Waals surface area contributed by atoms with E-state index in [1.165, 1.54) is 25.3 Å². The van der Waals surface area contributed by atoms with Crippen LogP contribution in [0.2, 0.25) is 0 Å². The van der Waals surface area contributed by atoms with Gasteiger partial charge >= 0.3 is 6.03 Å². The highest BCUT2D eigenvalue weighted by molar-refractivity contribution is 7.90. The number of sulfonamides is 1. The molecule has 0 aliphatic carbocycles. The number of para-hydroxylation sites is 1. The maximum Gasteiger partial charge on any atom is 0.339 e. The average molecular weight is 346 g/mol. The molecule has 1 N–H and O–H groups in total. The highest BCUT2D eigenvalue weighted by atomic mass is 32.2. The zero-order chi connectivity index (χ0) is 17.3. The number of rotatable bonds is 3. The zero-order valence-electron chi connectivity index (χ0n) is 12.7. The van der Waals surface area contributed by atoms with Crippen molar-refractivity contribution in [2.24, 2.45) is 0 Å². The summed E-state index contributed by atoms with van der Waals surface area (Å²) in [5.41, 5.74) is 0.653. The van der Waals surface area contributed by atoms with Gasteiger partial charge in [-0.05, 0) is 18.2 Å².